The van der Waals surface area contributed by atoms with E-state index in [-0.39, 0.29) is 11.5 Å². The number of anilines is 1. The van der Waals surface area contributed by atoms with E-state index in [9.17, 15) is 4.79 Å². The average molecular weight is 531 g/mol. The van der Waals surface area contributed by atoms with Crippen molar-refractivity contribution in [3.05, 3.63) is 53.8 Å². The molecule has 35 heavy (non-hydrogen) atoms. The lowest BCUT2D eigenvalue weighted by Gasteiger charge is -2.44. The first-order valence-electron chi connectivity index (χ1n) is 11.7. The molecule has 3 fully saturated rings. The summed E-state index contributed by atoms with van der Waals surface area (Å²) >= 11 is 9.48. The maximum absolute atomic E-state index is 13.4. The maximum Gasteiger partial charge on any atom is 0.240 e. The van der Waals surface area contributed by atoms with E-state index in [1.54, 1.807) is 30.4 Å². The summed E-state index contributed by atoms with van der Waals surface area (Å²) < 4.78 is 16.9. The molecule has 1 aromatic carbocycles. The van der Waals surface area contributed by atoms with Gasteiger partial charge in [0.1, 0.15) is 0 Å². The summed E-state index contributed by atoms with van der Waals surface area (Å²) in [6, 6.07) is 12.2. The molecule has 3 aliphatic rings. The van der Waals surface area contributed by atoms with Gasteiger partial charge in [-0.3, -0.25) is 9.78 Å². The summed E-state index contributed by atoms with van der Waals surface area (Å²) in [5.74, 6) is 0.0957. The Kier molecular flexibility index (Phi) is 6.19. The van der Waals surface area contributed by atoms with Crippen molar-refractivity contribution >= 4 is 56.6 Å². The van der Waals surface area contributed by atoms with Crippen LogP contribution in [0.25, 0.3) is 10.1 Å². The van der Waals surface area contributed by atoms with Crippen molar-refractivity contribution in [1.29, 1.82) is 0 Å². The number of pyridine rings is 1. The normalized spacial score (nSPS) is 24.5. The molecule has 7 nitrogen and oxygen atoms in total. The number of piperazine rings is 1. The molecule has 5 heterocycles. The van der Waals surface area contributed by atoms with Crippen molar-refractivity contribution in [3.63, 3.8) is 0 Å². The van der Waals surface area contributed by atoms with E-state index < -0.39 is 5.72 Å². The second-order valence-corrected chi connectivity index (χ2v) is 12.4. The number of benzene rings is 1. The van der Waals surface area contributed by atoms with Gasteiger partial charge in [-0.2, -0.15) is 0 Å². The SMILES string of the molecule is COCC12CN(Sc3cc4ccc(Cl)cc4s3)CC(=O)N1CC1(CCN(c3ccncc3)CC1)O2. The largest absolute Gasteiger partial charge is 0.380 e. The first-order chi connectivity index (χ1) is 17.0. The van der Waals surface area contributed by atoms with Gasteiger partial charge >= 0.3 is 0 Å². The highest BCUT2D eigenvalue weighted by Crippen LogP contribution is 2.46. The van der Waals surface area contributed by atoms with Crippen LogP contribution in [0.15, 0.2) is 53.0 Å². The minimum atomic E-state index is -0.768. The van der Waals surface area contributed by atoms with Gasteiger partial charge in [-0.25, -0.2) is 4.31 Å². The molecule has 0 radical (unpaired) electrons. The van der Waals surface area contributed by atoms with Crippen LogP contribution in [0.1, 0.15) is 12.8 Å². The molecule has 0 N–H and O–H groups in total. The topological polar surface area (TPSA) is 58.1 Å². The minimum absolute atomic E-state index is 0.0957. The van der Waals surface area contributed by atoms with Crippen LogP contribution in [-0.2, 0) is 14.3 Å². The third-order valence-electron chi connectivity index (χ3n) is 7.13. The quantitative estimate of drug-likeness (QED) is 0.450. The number of thiophene rings is 1. The number of piperidine rings is 1. The van der Waals surface area contributed by atoms with E-state index in [2.05, 4.69) is 20.3 Å². The standard InChI is InChI=1S/C25H27ClN4O3S2/c1-32-17-25-16-29(35-23-12-18-2-3-19(26)13-21(18)34-23)14-22(31)30(25)15-24(33-25)6-10-28(11-7-24)20-4-8-27-9-5-20/h2-5,8-9,12-13H,6-7,10-11,14-17H2,1H3. The fraction of sp³-hybridized carbons (Fsp3) is 0.440. The van der Waals surface area contributed by atoms with E-state index in [0.29, 0.717) is 26.2 Å². The van der Waals surface area contributed by atoms with Crippen molar-refractivity contribution < 1.29 is 14.3 Å². The second kappa shape index (κ2) is 9.21. The molecule has 6 rings (SSSR count). The molecule has 3 saturated heterocycles. The highest BCUT2D eigenvalue weighted by Gasteiger charge is 2.59. The molecule has 1 unspecified atom stereocenters. The summed E-state index contributed by atoms with van der Waals surface area (Å²) in [6.45, 7) is 3.71. The Morgan fingerprint density at radius 3 is 2.74 bits per heavy atom. The lowest BCUT2D eigenvalue weighted by molar-refractivity contribution is -0.193. The second-order valence-electron chi connectivity index (χ2n) is 9.47. The third kappa shape index (κ3) is 4.43. The van der Waals surface area contributed by atoms with E-state index in [1.165, 1.54) is 5.69 Å². The van der Waals surface area contributed by atoms with Gasteiger partial charge in [0.25, 0.3) is 0 Å². The highest BCUT2D eigenvalue weighted by molar-refractivity contribution is 7.99. The van der Waals surface area contributed by atoms with Crippen LogP contribution in [0.2, 0.25) is 5.02 Å². The maximum atomic E-state index is 13.4. The Morgan fingerprint density at radius 2 is 1.97 bits per heavy atom. The highest BCUT2D eigenvalue weighted by atomic mass is 35.5. The summed E-state index contributed by atoms with van der Waals surface area (Å²) in [6.07, 6.45) is 5.40. The Hall–Kier alpha value is -1.88. The zero-order valence-corrected chi connectivity index (χ0v) is 21.9. The number of rotatable bonds is 5. The van der Waals surface area contributed by atoms with Gasteiger partial charge in [0.05, 0.1) is 36.1 Å². The van der Waals surface area contributed by atoms with Crippen LogP contribution in [0.4, 0.5) is 5.69 Å². The molecule has 3 aromatic rings. The van der Waals surface area contributed by atoms with Crippen LogP contribution in [-0.4, -0.2) is 77.9 Å². The fourth-order valence-corrected chi connectivity index (χ4v) is 8.19. The monoisotopic (exact) mass is 530 g/mol. The Balaban J connectivity index is 1.20. The van der Waals surface area contributed by atoms with E-state index >= 15 is 0 Å². The van der Waals surface area contributed by atoms with Gasteiger partial charge in [-0.15, -0.1) is 11.3 Å². The number of fused-ring (bicyclic) bond motifs is 2. The van der Waals surface area contributed by atoms with Crippen LogP contribution in [0.3, 0.4) is 0 Å². The number of nitrogens with zero attached hydrogens (tertiary/aromatic N) is 4. The molecule has 184 valence electrons. The molecule has 1 amide bonds. The van der Waals surface area contributed by atoms with Crippen molar-refractivity contribution in [2.24, 2.45) is 0 Å². The molecule has 1 atom stereocenters. The van der Waals surface area contributed by atoms with Crippen molar-refractivity contribution in [2.45, 2.75) is 28.4 Å². The summed E-state index contributed by atoms with van der Waals surface area (Å²) in [5.41, 5.74) is 0.0725. The van der Waals surface area contributed by atoms with Gasteiger partial charge in [0.2, 0.25) is 5.91 Å². The zero-order chi connectivity index (χ0) is 24.0. The molecule has 3 aliphatic heterocycles. The van der Waals surface area contributed by atoms with Gasteiger partial charge in [0, 0.05) is 48.0 Å². The molecular formula is C25H27ClN4O3S2. The number of halogens is 1. The lowest BCUT2D eigenvalue weighted by atomic mass is 9.91. The zero-order valence-electron chi connectivity index (χ0n) is 19.5. The molecule has 0 aliphatic carbocycles. The Labute approximate surface area is 218 Å². The number of aromatic nitrogens is 1. The lowest BCUT2D eigenvalue weighted by Crippen LogP contribution is -2.63. The van der Waals surface area contributed by atoms with E-state index in [1.807, 2.05) is 47.6 Å². The summed E-state index contributed by atoms with van der Waals surface area (Å²) in [4.78, 5) is 21.8. The first kappa shape index (κ1) is 23.5. The van der Waals surface area contributed by atoms with Crippen molar-refractivity contribution in [1.82, 2.24) is 14.2 Å². The van der Waals surface area contributed by atoms with Crippen LogP contribution in [0, 0.1) is 0 Å². The predicted molar refractivity (Wildman–Crippen MR) is 140 cm³/mol. The van der Waals surface area contributed by atoms with E-state index in [0.717, 1.165) is 45.2 Å². The van der Waals surface area contributed by atoms with Crippen LogP contribution >= 0.6 is 34.9 Å². The number of amides is 1. The smallest absolute Gasteiger partial charge is 0.240 e. The van der Waals surface area contributed by atoms with Crippen LogP contribution < -0.4 is 4.90 Å². The average Bonchev–Trinajstić information content (AvgIpc) is 3.38. The molecule has 1 spiro atoms. The van der Waals surface area contributed by atoms with Crippen molar-refractivity contribution in [3.8, 4) is 0 Å². The van der Waals surface area contributed by atoms with Gasteiger partial charge < -0.3 is 19.3 Å². The third-order valence-corrected chi connectivity index (χ3v) is 9.55. The van der Waals surface area contributed by atoms with Gasteiger partial charge in [-0.05, 0) is 60.5 Å². The molecule has 10 heteroatoms. The minimum Gasteiger partial charge on any atom is -0.380 e. The summed E-state index contributed by atoms with van der Waals surface area (Å²) in [7, 11) is 1.68. The van der Waals surface area contributed by atoms with Crippen LogP contribution in [0.5, 0.6) is 0 Å². The predicted octanol–water partition coefficient (Wildman–Crippen LogP) is 4.51. The molecule has 2 aromatic heterocycles. The molecular weight excluding hydrogens is 504 g/mol. The number of hydrogen-bond acceptors (Lipinski definition) is 8. The van der Waals surface area contributed by atoms with Crippen molar-refractivity contribution in [2.75, 3.05) is 51.3 Å². The Bertz CT molecular complexity index is 1230. The van der Waals surface area contributed by atoms with Gasteiger partial charge in [-0.1, -0.05) is 17.7 Å². The number of carbonyl (C=O) groups is 1. The number of methoxy groups -OCH3 is 1. The number of carbonyl (C=O) groups excluding carboxylic acids is 1. The van der Waals surface area contributed by atoms with Gasteiger partial charge in [0.15, 0.2) is 5.72 Å². The summed E-state index contributed by atoms with van der Waals surface area (Å²) in [5, 5.41) is 1.90. The molecule has 0 bridgehead atoms. The fourth-order valence-electron chi connectivity index (χ4n) is 5.51. The molecule has 0 saturated carbocycles. The first-order valence-corrected chi connectivity index (χ1v) is 13.7. The van der Waals surface area contributed by atoms with E-state index in [4.69, 9.17) is 21.1 Å². The number of ether oxygens (including phenoxy) is 2. The Morgan fingerprint density at radius 1 is 1.17 bits per heavy atom. The number of hydrogen-bond donors (Lipinski definition) is 0.